The first-order valence-corrected chi connectivity index (χ1v) is 33.8. The van der Waals surface area contributed by atoms with Gasteiger partial charge in [-0.3, -0.25) is 0 Å². The van der Waals surface area contributed by atoms with Crippen LogP contribution in [0.5, 0.6) is 0 Å². The lowest BCUT2D eigenvalue weighted by Gasteiger charge is -2.46. The van der Waals surface area contributed by atoms with Crippen molar-refractivity contribution in [1.82, 2.24) is 0 Å². The summed E-state index contributed by atoms with van der Waals surface area (Å²) in [6.07, 6.45) is 4.48. The van der Waals surface area contributed by atoms with Crippen molar-refractivity contribution in [1.29, 1.82) is 0 Å². The van der Waals surface area contributed by atoms with Gasteiger partial charge >= 0.3 is 6.85 Å². The summed E-state index contributed by atoms with van der Waals surface area (Å²) >= 11 is 0. The van der Waals surface area contributed by atoms with Crippen LogP contribution in [0.15, 0.2) is 180 Å². The van der Waals surface area contributed by atoms with E-state index in [1.807, 2.05) is 0 Å². The van der Waals surface area contributed by atoms with Gasteiger partial charge in [-0.15, -0.1) is 0 Å². The maximum Gasteiger partial charge on any atom is 0.375 e. The third kappa shape index (κ3) is 10.0. The Morgan fingerprint density at radius 2 is 0.945 bits per heavy atom. The molecule has 0 fully saturated rings. The average molecular weight is 1200 g/mol. The number of fused-ring (bicyclic) bond motifs is 8. The van der Waals surface area contributed by atoms with Crippen molar-refractivity contribution >= 4 is 74.4 Å². The average Bonchev–Trinajstić information content (AvgIpc) is 1.67. The van der Waals surface area contributed by atoms with Gasteiger partial charge in [-0.05, 0) is 240 Å². The molecule has 9 aromatic carbocycles. The van der Waals surface area contributed by atoms with Crippen LogP contribution in [-0.4, -0.2) is 6.85 Å². The van der Waals surface area contributed by atoms with E-state index in [1.54, 1.807) is 0 Å². The first-order valence-electron chi connectivity index (χ1n) is 33.8. The van der Waals surface area contributed by atoms with Gasteiger partial charge in [0.15, 0.2) is 0 Å². The van der Waals surface area contributed by atoms with E-state index in [2.05, 4.69) is 322 Å². The zero-order valence-electron chi connectivity index (χ0n) is 57.9. The molecule has 0 saturated carbocycles. The van der Waals surface area contributed by atoms with Crippen molar-refractivity contribution in [2.75, 3.05) is 14.6 Å². The van der Waals surface area contributed by atoms with Crippen molar-refractivity contribution < 1.29 is 4.42 Å². The standard InChI is InChI=1S/C86H94BN3O/c1-53-24-23-25-54(2)76(53)56-46-66-64-39-37-62(88(60-33-28-57(29-34-60)80(3,4)5)61-35-30-58(31-36-61)81(6,7)8)50-73(64)90(63-38-40-68-69(49-63)84(14,15)43-42-83(68,12)13)87-77(66)74(47-56)89(72-41-32-59(82(9,10)11)48-65(72)55-26-21-20-22-27-55)78-67-51-70-71(52-75(67)91-79(78)87)86(18,19)45-44-85(70,16)17/h20-41,46-52H,42-45H2,1-19H3. The molecule has 0 amide bonds. The second kappa shape index (κ2) is 20.7. The molecule has 5 heteroatoms. The van der Waals surface area contributed by atoms with E-state index in [0.717, 1.165) is 76.4 Å². The molecule has 0 saturated heterocycles. The Morgan fingerprint density at radius 1 is 0.418 bits per heavy atom. The van der Waals surface area contributed by atoms with E-state index >= 15 is 0 Å². The Bertz CT molecular complexity index is 4470. The third-order valence-electron chi connectivity index (χ3n) is 21.9. The Balaban J connectivity index is 1.15. The smallest absolute Gasteiger partial charge is 0.375 e. The molecule has 4 aliphatic rings. The van der Waals surface area contributed by atoms with Gasteiger partial charge in [0, 0.05) is 50.6 Å². The Hall–Kier alpha value is -8.02. The number of benzene rings is 9. The number of anilines is 8. The molecule has 462 valence electrons. The number of nitrogens with zero attached hydrogens (tertiary/aromatic N) is 3. The molecule has 0 spiro atoms. The molecular weight excluding hydrogens is 1100 g/mol. The summed E-state index contributed by atoms with van der Waals surface area (Å²) in [7, 11) is 0. The number of rotatable bonds is 7. The molecule has 10 aromatic rings. The number of furan rings is 1. The van der Waals surface area contributed by atoms with E-state index in [1.165, 1.54) is 100 Å². The van der Waals surface area contributed by atoms with E-state index in [9.17, 15) is 0 Å². The van der Waals surface area contributed by atoms with E-state index in [4.69, 9.17) is 4.42 Å². The SMILES string of the molecule is Cc1cccc(C)c1-c1cc2c3c(c1)N(c1ccc(C(C)(C)C)cc1-c1ccccc1)c1c(oc4cc5c(cc14)C(C)(C)CCC5(C)C)B3N(c1ccc3c(c1)C(C)(C)CCC3(C)C)c1cc(N(c3ccc(C(C)(C)C)cc3)c3ccc(C(C)(C)C)cc3)ccc1-2. The number of aryl methyl sites for hydroxylation is 2. The number of hydrogen-bond acceptors (Lipinski definition) is 4. The van der Waals surface area contributed by atoms with Crippen LogP contribution in [0.25, 0.3) is 44.3 Å². The summed E-state index contributed by atoms with van der Waals surface area (Å²) in [6.45, 7) is 44.7. The fourth-order valence-corrected chi connectivity index (χ4v) is 16.0. The molecular formula is C86H94BN3O. The summed E-state index contributed by atoms with van der Waals surface area (Å²) in [6, 6.07) is 68.9. The van der Waals surface area contributed by atoms with Gasteiger partial charge in [0.1, 0.15) is 11.2 Å². The summed E-state index contributed by atoms with van der Waals surface area (Å²) in [4.78, 5) is 7.87. The van der Waals surface area contributed by atoms with E-state index < -0.39 is 0 Å². The Kier molecular flexibility index (Phi) is 13.8. The molecule has 91 heavy (non-hydrogen) atoms. The highest BCUT2D eigenvalue weighted by Crippen LogP contribution is 2.57. The molecule has 2 aliphatic heterocycles. The van der Waals surface area contributed by atoms with Gasteiger partial charge in [0.25, 0.3) is 0 Å². The molecule has 14 rings (SSSR count). The minimum Gasteiger partial charge on any atom is -0.466 e. The van der Waals surface area contributed by atoms with Crippen molar-refractivity contribution in [2.45, 2.75) is 195 Å². The highest BCUT2D eigenvalue weighted by Gasteiger charge is 2.51. The van der Waals surface area contributed by atoms with Crippen LogP contribution in [0.3, 0.4) is 0 Å². The molecule has 1 aromatic heterocycles. The molecule has 0 unspecified atom stereocenters. The monoisotopic (exact) mass is 1200 g/mol. The lowest BCUT2D eigenvalue weighted by atomic mass is 9.45. The molecule has 0 radical (unpaired) electrons. The lowest BCUT2D eigenvalue weighted by molar-refractivity contribution is 0.332. The van der Waals surface area contributed by atoms with Crippen LogP contribution < -0.4 is 25.7 Å². The Labute approximate surface area is 544 Å². The van der Waals surface area contributed by atoms with Crippen molar-refractivity contribution in [3.05, 3.63) is 226 Å². The van der Waals surface area contributed by atoms with Crippen LogP contribution >= 0.6 is 0 Å². The number of hydrogen-bond donors (Lipinski definition) is 0. The highest BCUT2D eigenvalue weighted by atomic mass is 16.3. The maximum atomic E-state index is 8.05. The van der Waals surface area contributed by atoms with Gasteiger partial charge in [0.2, 0.25) is 0 Å². The predicted octanol–water partition coefficient (Wildman–Crippen LogP) is 23.2. The quantitative estimate of drug-likeness (QED) is 0.148. The predicted molar refractivity (Wildman–Crippen MR) is 392 cm³/mol. The van der Waals surface area contributed by atoms with Gasteiger partial charge in [0.05, 0.1) is 11.4 Å². The van der Waals surface area contributed by atoms with E-state index in [0.29, 0.717) is 0 Å². The van der Waals surface area contributed by atoms with Crippen LogP contribution in [0.4, 0.5) is 45.5 Å². The van der Waals surface area contributed by atoms with Gasteiger partial charge in [-0.2, -0.15) is 0 Å². The minimum absolute atomic E-state index is 0.000429. The molecule has 2 aliphatic carbocycles. The Morgan fingerprint density at radius 3 is 1.52 bits per heavy atom. The normalized spacial score (nSPS) is 16.8. The van der Waals surface area contributed by atoms with Gasteiger partial charge in [-0.1, -0.05) is 209 Å². The second-order valence-corrected chi connectivity index (χ2v) is 33.3. The van der Waals surface area contributed by atoms with Crippen molar-refractivity contribution in [2.24, 2.45) is 0 Å². The zero-order valence-corrected chi connectivity index (χ0v) is 57.9. The first-order chi connectivity index (χ1) is 42.8. The molecule has 0 N–H and O–H groups in total. The van der Waals surface area contributed by atoms with Crippen LogP contribution in [0, 0.1) is 13.8 Å². The molecule has 0 atom stereocenters. The second-order valence-electron chi connectivity index (χ2n) is 33.3. The van der Waals surface area contributed by atoms with Crippen LogP contribution in [0.1, 0.15) is 193 Å². The lowest BCUT2D eigenvalue weighted by Crippen LogP contribution is -2.61. The summed E-state index contributed by atoms with van der Waals surface area (Å²) in [5.74, 6) is 0. The zero-order chi connectivity index (χ0) is 64.4. The van der Waals surface area contributed by atoms with E-state index in [-0.39, 0.29) is 44.8 Å². The summed E-state index contributed by atoms with van der Waals surface area (Å²) in [5.41, 5.74) is 31.4. The third-order valence-corrected chi connectivity index (χ3v) is 21.9. The fourth-order valence-electron chi connectivity index (χ4n) is 16.0. The van der Waals surface area contributed by atoms with Crippen LogP contribution in [0.2, 0.25) is 0 Å². The molecule has 3 heterocycles. The molecule has 0 bridgehead atoms. The van der Waals surface area contributed by atoms with Gasteiger partial charge in [-0.25, -0.2) is 0 Å². The largest absolute Gasteiger partial charge is 0.466 e. The fraction of sp³-hybridized carbons (Fsp3) is 0.349. The highest BCUT2D eigenvalue weighted by molar-refractivity contribution is 6.93. The topological polar surface area (TPSA) is 22.9 Å². The first kappa shape index (κ1) is 60.5. The summed E-state index contributed by atoms with van der Waals surface area (Å²) < 4.78 is 8.05. The minimum atomic E-state index is -0.381. The molecule has 4 nitrogen and oxygen atoms in total. The summed E-state index contributed by atoms with van der Waals surface area (Å²) in [5, 5.41) is 1.15. The van der Waals surface area contributed by atoms with Crippen molar-refractivity contribution in [3.63, 3.8) is 0 Å². The van der Waals surface area contributed by atoms with Gasteiger partial charge < -0.3 is 19.0 Å². The maximum absolute atomic E-state index is 8.05. The van der Waals surface area contributed by atoms with Crippen molar-refractivity contribution in [3.8, 4) is 33.4 Å². The van der Waals surface area contributed by atoms with Crippen LogP contribution in [-0.2, 0) is 37.9 Å².